The van der Waals surface area contributed by atoms with Gasteiger partial charge in [0, 0.05) is 4.90 Å². The van der Waals surface area contributed by atoms with Crippen molar-refractivity contribution in [1.29, 1.82) is 0 Å². The van der Waals surface area contributed by atoms with Crippen molar-refractivity contribution in [3.63, 3.8) is 0 Å². The van der Waals surface area contributed by atoms with Crippen LogP contribution in [0.25, 0.3) is 0 Å². The first kappa shape index (κ1) is 8.52. The molecule has 0 radical (unpaired) electrons. The fourth-order valence-corrected chi connectivity index (χ4v) is 1.74. The summed E-state index contributed by atoms with van der Waals surface area (Å²) in [7, 11) is 0. The lowest BCUT2D eigenvalue weighted by molar-refractivity contribution is 0.441. The van der Waals surface area contributed by atoms with Crippen molar-refractivity contribution in [3.8, 4) is 0 Å². The van der Waals surface area contributed by atoms with E-state index in [4.69, 9.17) is 16.6 Å². The molecule has 0 unspecified atom stereocenters. The van der Waals surface area contributed by atoms with Gasteiger partial charge in [0.25, 0.3) is 10.1 Å². The van der Waals surface area contributed by atoms with Crippen LogP contribution in [0, 0.1) is 4.84 Å². The summed E-state index contributed by atoms with van der Waals surface area (Å²) in [6.45, 7) is 0. The summed E-state index contributed by atoms with van der Waals surface area (Å²) in [6.07, 6.45) is 0. The van der Waals surface area contributed by atoms with Crippen LogP contribution in [0.4, 0.5) is 0 Å². The first-order valence-electron chi connectivity index (χ1n) is 3.63. The van der Waals surface area contributed by atoms with Crippen LogP contribution >= 0.6 is 24.0 Å². The molecule has 2 aromatic rings. The van der Waals surface area contributed by atoms with Crippen LogP contribution in [-0.2, 0) is 0 Å². The Hall–Kier alpha value is -1.07. The van der Waals surface area contributed by atoms with Gasteiger partial charge in [-0.2, -0.15) is 0 Å². The number of benzene rings is 1. The molecule has 1 aromatic carbocycles. The van der Waals surface area contributed by atoms with Crippen molar-refractivity contribution in [2.75, 3.05) is 0 Å². The normalized spacial score (nSPS) is 10.2. The number of rotatable bonds is 2. The van der Waals surface area contributed by atoms with Gasteiger partial charge >= 0.3 is 0 Å². The molecule has 3 nitrogen and oxygen atoms in total. The number of aromatic amines is 1. The standard InChI is InChI=1S/C8H6N2OS2/c12-7-9-10-8(11-7)13-6-4-2-1-3-5-6/h1-5H,(H,9,12). The minimum atomic E-state index is 0.304. The highest BCUT2D eigenvalue weighted by atomic mass is 32.2. The summed E-state index contributed by atoms with van der Waals surface area (Å²) >= 11 is 6.18. The van der Waals surface area contributed by atoms with E-state index in [-0.39, 0.29) is 0 Å². The molecule has 0 saturated heterocycles. The number of aromatic nitrogens is 2. The summed E-state index contributed by atoms with van der Waals surface area (Å²) in [6, 6.07) is 9.85. The molecule has 0 aliphatic rings. The Morgan fingerprint density at radius 1 is 1.31 bits per heavy atom. The minimum Gasteiger partial charge on any atom is -0.404 e. The molecular formula is C8H6N2OS2. The lowest BCUT2D eigenvalue weighted by atomic mass is 10.4. The van der Waals surface area contributed by atoms with Gasteiger partial charge in [0.2, 0.25) is 0 Å². The van der Waals surface area contributed by atoms with Gasteiger partial charge in [0.1, 0.15) is 0 Å². The summed E-state index contributed by atoms with van der Waals surface area (Å²) in [5, 5.41) is 6.98. The fraction of sp³-hybridized carbons (Fsp3) is 0. The molecule has 66 valence electrons. The van der Waals surface area contributed by atoms with E-state index in [0.717, 1.165) is 4.90 Å². The summed E-state index contributed by atoms with van der Waals surface area (Å²) in [5.41, 5.74) is 0. The second-order valence-corrected chi connectivity index (χ2v) is 3.69. The maximum absolute atomic E-state index is 5.10. The third kappa shape index (κ3) is 2.19. The van der Waals surface area contributed by atoms with Crippen LogP contribution < -0.4 is 0 Å². The smallest absolute Gasteiger partial charge is 0.284 e. The first-order chi connectivity index (χ1) is 6.34. The highest BCUT2D eigenvalue weighted by molar-refractivity contribution is 7.99. The topological polar surface area (TPSA) is 41.8 Å². The monoisotopic (exact) mass is 210 g/mol. The van der Waals surface area contributed by atoms with E-state index in [2.05, 4.69) is 10.2 Å². The van der Waals surface area contributed by atoms with Gasteiger partial charge in [0.05, 0.1) is 0 Å². The maximum atomic E-state index is 5.10. The predicted molar refractivity (Wildman–Crippen MR) is 52.3 cm³/mol. The molecule has 0 spiro atoms. The average Bonchev–Trinajstić information content (AvgIpc) is 2.53. The third-order valence-electron chi connectivity index (χ3n) is 1.37. The van der Waals surface area contributed by atoms with Crippen LogP contribution in [0.1, 0.15) is 0 Å². The Bertz CT molecular complexity index is 435. The maximum Gasteiger partial charge on any atom is 0.284 e. The highest BCUT2D eigenvalue weighted by Crippen LogP contribution is 2.24. The first-order valence-corrected chi connectivity index (χ1v) is 4.85. The minimum absolute atomic E-state index is 0.304. The second kappa shape index (κ2) is 3.76. The van der Waals surface area contributed by atoms with Crippen molar-refractivity contribution < 1.29 is 4.42 Å². The molecule has 1 heterocycles. The van der Waals surface area contributed by atoms with E-state index in [1.54, 1.807) is 0 Å². The number of hydrogen-bond donors (Lipinski definition) is 1. The van der Waals surface area contributed by atoms with E-state index in [9.17, 15) is 0 Å². The quantitative estimate of drug-likeness (QED) is 0.774. The van der Waals surface area contributed by atoms with Gasteiger partial charge in [0.15, 0.2) is 0 Å². The van der Waals surface area contributed by atoms with Gasteiger partial charge < -0.3 is 4.42 Å². The number of nitrogens with one attached hydrogen (secondary N) is 1. The zero-order valence-electron chi connectivity index (χ0n) is 6.56. The zero-order valence-corrected chi connectivity index (χ0v) is 8.19. The van der Waals surface area contributed by atoms with Gasteiger partial charge in [-0.25, -0.2) is 5.10 Å². The van der Waals surface area contributed by atoms with E-state index in [1.807, 2.05) is 30.3 Å². The largest absolute Gasteiger partial charge is 0.404 e. The Labute approximate surface area is 84.2 Å². The molecule has 0 fully saturated rings. The van der Waals surface area contributed by atoms with Crippen LogP contribution in [0.2, 0.25) is 0 Å². The van der Waals surface area contributed by atoms with E-state index in [0.29, 0.717) is 10.1 Å². The number of hydrogen-bond acceptors (Lipinski definition) is 4. The Kier molecular flexibility index (Phi) is 2.47. The average molecular weight is 210 g/mol. The SMILES string of the molecule is S=c1[nH]nc(Sc2ccccc2)o1. The summed E-state index contributed by atoms with van der Waals surface area (Å²) in [4.78, 5) is 1.38. The van der Waals surface area contributed by atoms with E-state index in [1.165, 1.54) is 11.8 Å². The molecule has 1 aromatic heterocycles. The van der Waals surface area contributed by atoms with Crippen molar-refractivity contribution >= 4 is 24.0 Å². The number of H-pyrrole nitrogens is 1. The molecule has 0 bridgehead atoms. The van der Waals surface area contributed by atoms with Gasteiger partial charge in [-0.1, -0.05) is 18.2 Å². The lowest BCUT2D eigenvalue weighted by Crippen LogP contribution is -1.72. The van der Waals surface area contributed by atoms with Crippen LogP contribution in [0.5, 0.6) is 0 Å². The molecule has 0 aliphatic carbocycles. The molecule has 1 N–H and O–H groups in total. The van der Waals surface area contributed by atoms with E-state index >= 15 is 0 Å². The number of nitrogens with zero attached hydrogens (tertiary/aromatic N) is 1. The molecule has 0 atom stereocenters. The Morgan fingerprint density at radius 2 is 2.08 bits per heavy atom. The molecule has 0 amide bonds. The highest BCUT2D eigenvalue weighted by Gasteiger charge is 2.00. The Balaban J connectivity index is 2.20. The molecule has 13 heavy (non-hydrogen) atoms. The summed E-state index contributed by atoms with van der Waals surface area (Å²) < 4.78 is 5.10. The van der Waals surface area contributed by atoms with Crippen LogP contribution in [0.15, 0.2) is 44.9 Å². The molecule has 0 saturated carbocycles. The Morgan fingerprint density at radius 3 is 2.69 bits per heavy atom. The lowest BCUT2D eigenvalue weighted by Gasteiger charge is -1.92. The van der Waals surface area contributed by atoms with Gasteiger partial charge in [-0.3, -0.25) is 0 Å². The molecule has 2 rings (SSSR count). The van der Waals surface area contributed by atoms with Crippen molar-refractivity contribution in [2.24, 2.45) is 0 Å². The van der Waals surface area contributed by atoms with Gasteiger partial charge in [-0.15, -0.1) is 5.10 Å². The fourth-order valence-electron chi connectivity index (χ4n) is 0.849. The van der Waals surface area contributed by atoms with Gasteiger partial charge in [-0.05, 0) is 36.1 Å². The third-order valence-corrected chi connectivity index (χ3v) is 2.40. The molecular weight excluding hydrogens is 204 g/mol. The zero-order chi connectivity index (χ0) is 9.10. The predicted octanol–water partition coefficient (Wildman–Crippen LogP) is 2.88. The summed E-state index contributed by atoms with van der Waals surface area (Å²) in [5.74, 6) is 0. The van der Waals surface area contributed by atoms with Crippen molar-refractivity contribution in [2.45, 2.75) is 10.1 Å². The second-order valence-electron chi connectivity index (χ2n) is 2.29. The van der Waals surface area contributed by atoms with Crippen LogP contribution in [-0.4, -0.2) is 10.2 Å². The molecule has 0 aliphatic heterocycles. The van der Waals surface area contributed by atoms with Crippen LogP contribution in [0.3, 0.4) is 0 Å². The van der Waals surface area contributed by atoms with Crippen molar-refractivity contribution in [1.82, 2.24) is 10.2 Å². The van der Waals surface area contributed by atoms with Crippen molar-refractivity contribution in [3.05, 3.63) is 35.2 Å². The van der Waals surface area contributed by atoms with E-state index < -0.39 is 0 Å². The molecule has 5 heteroatoms.